The molecule has 0 amide bonds. The fourth-order valence-electron chi connectivity index (χ4n) is 1.02. The first-order valence-corrected chi connectivity index (χ1v) is 4.48. The van der Waals surface area contributed by atoms with Crippen LogP contribution in [-0.4, -0.2) is 65.7 Å². The van der Waals surface area contributed by atoms with Crippen LogP contribution in [0.25, 0.3) is 0 Å². The van der Waals surface area contributed by atoms with E-state index in [9.17, 15) is 19.5 Å². The predicted octanol–water partition coefficient (Wildman–Crippen LogP) is -12.2. The molecule has 0 radical (unpaired) electrons. The van der Waals surface area contributed by atoms with Crippen LogP contribution in [0.3, 0.4) is 0 Å². The SMILES string of the molecule is O=C([O-])CNCCN(CC(=O)O)CC(=O)O.[Na+].[Na+].[Na+]. The Hall–Kier alpha value is 1.33. The van der Waals surface area contributed by atoms with Gasteiger partial charge in [-0.15, -0.1) is 0 Å². The van der Waals surface area contributed by atoms with Crippen LogP contribution in [0, 0.1) is 0 Å². The third-order valence-corrected chi connectivity index (χ3v) is 1.59. The molecule has 0 aromatic carbocycles. The van der Waals surface area contributed by atoms with Crippen molar-refractivity contribution in [2.75, 3.05) is 32.7 Å². The Morgan fingerprint density at radius 3 is 1.74 bits per heavy atom. The minimum absolute atomic E-state index is 0. The molecule has 0 heterocycles. The zero-order valence-corrected chi connectivity index (χ0v) is 17.5. The fourth-order valence-corrected chi connectivity index (χ4v) is 1.02. The number of carboxylic acid groups (broad SMARTS) is 3. The third kappa shape index (κ3) is 21.8. The summed E-state index contributed by atoms with van der Waals surface area (Å²) in [6.07, 6.45) is 0. The molecule has 0 aliphatic rings. The van der Waals surface area contributed by atoms with E-state index in [1.807, 2.05) is 0 Å². The molecule has 8 nitrogen and oxygen atoms in total. The quantitative estimate of drug-likeness (QED) is 0.283. The predicted molar refractivity (Wildman–Crippen MR) is 49.6 cm³/mol. The molecule has 0 spiro atoms. The van der Waals surface area contributed by atoms with E-state index in [1.54, 1.807) is 0 Å². The van der Waals surface area contributed by atoms with Crippen molar-refractivity contribution < 1.29 is 118 Å². The summed E-state index contributed by atoms with van der Waals surface area (Å²) >= 11 is 0. The number of carboxylic acids is 3. The van der Waals surface area contributed by atoms with Gasteiger partial charge in [-0.05, 0) is 0 Å². The third-order valence-electron chi connectivity index (χ3n) is 1.59. The van der Waals surface area contributed by atoms with E-state index < -0.39 is 31.0 Å². The average Bonchev–Trinajstić information content (AvgIpc) is 2.09. The van der Waals surface area contributed by atoms with Gasteiger partial charge in [0.2, 0.25) is 0 Å². The maximum atomic E-state index is 10.4. The molecule has 0 bridgehead atoms. The fraction of sp³-hybridized carbons (Fsp3) is 0.625. The van der Waals surface area contributed by atoms with E-state index in [0.29, 0.717) is 0 Å². The van der Waals surface area contributed by atoms with Crippen LogP contribution in [0.5, 0.6) is 0 Å². The van der Waals surface area contributed by atoms with Crippen molar-refractivity contribution in [3.05, 3.63) is 0 Å². The van der Waals surface area contributed by atoms with Crippen LogP contribution < -0.4 is 99.1 Å². The van der Waals surface area contributed by atoms with Crippen molar-refractivity contribution in [3.63, 3.8) is 0 Å². The number of nitrogens with one attached hydrogen (secondary N) is 1. The van der Waals surface area contributed by atoms with Crippen LogP contribution in [0.15, 0.2) is 0 Å². The molecule has 0 fully saturated rings. The standard InChI is InChI=1S/C8H14N2O6.3Na/c11-6(12)3-9-1-2-10(4-7(13)14)5-8(15)16;;;/h9H,1-5H2,(H,11,12)(H,13,14)(H,15,16);;;/q;3*+1/p-1. The molecule has 0 saturated heterocycles. The number of hydrogen-bond donors (Lipinski definition) is 3. The average molecular weight is 302 g/mol. The summed E-state index contributed by atoms with van der Waals surface area (Å²) in [7, 11) is 0. The number of nitrogens with zero attached hydrogens (tertiary/aromatic N) is 1. The Bertz CT molecular complexity index is 263. The normalized spacial score (nSPS) is 8.68. The summed E-state index contributed by atoms with van der Waals surface area (Å²) in [4.78, 5) is 31.9. The van der Waals surface area contributed by atoms with Crippen LogP contribution in [-0.2, 0) is 14.4 Å². The van der Waals surface area contributed by atoms with Gasteiger partial charge < -0.3 is 25.4 Å². The number of aliphatic carboxylic acids is 3. The number of rotatable bonds is 9. The van der Waals surface area contributed by atoms with E-state index in [1.165, 1.54) is 4.90 Å². The summed E-state index contributed by atoms with van der Waals surface area (Å²) in [5.74, 6) is -3.55. The molecule has 0 aliphatic heterocycles. The van der Waals surface area contributed by atoms with Gasteiger partial charge in [0.15, 0.2) is 0 Å². The molecule has 0 rings (SSSR count). The van der Waals surface area contributed by atoms with E-state index >= 15 is 0 Å². The summed E-state index contributed by atoms with van der Waals surface area (Å²) < 4.78 is 0. The van der Waals surface area contributed by atoms with Crippen LogP contribution in [0.2, 0.25) is 0 Å². The van der Waals surface area contributed by atoms with E-state index in [0.717, 1.165) is 0 Å². The van der Waals surface area contributed by atoms with Gasteiger partial charge in [-0.25, -0.2) is 0 Å². The largest absolute Gasteiger partial charge is 1.00 e. The molecule has 92 valence electrons. The van der Waals surface area contributed by atoms with Gasteiger partial charge in [0.05, 0.1) is 19.1 Å². The number of hydrogen-bond acceptors (Lipinski definition) is 6. The molecule has 0 saturated carbocycles. The first-order valence-electron chi connectivity index (χ1n) is 4.48. The molecular formula is C8H13N2Na3O6+2. The molecule has 0 aliphatic carbocycles. The van der Waals surface area contributed by atoms with Crippen molar-refractivity contribution >= 4 is 17.9 Å². The van der Waals surface area contributed by atoms with Gasteiger partial charge in [0, 0.05) is 19.6 Å². The van der Waals surface area contributed by atoms with Crippen molar-refractivity contribution in [2.45, 2.75) is 0 Å². The van der Waals surface area contributed by atoms with Gasteiger partial charge in [-0.2, -0.15) is 0 Å². The van der Waals surface area contributed by atoms with Crippen molar-refractivity contribution in [3.8, 4) is 0 Å². The maximum absolute atomic E-state index is 10.4. The second kappa shape index (κ2) is 17.4. The van der Waals surface area contributed by atoms with Gasteiger partial charge in [-0.3, -0.25) is 14.5 Å². The maximum Gasteiger partial charge on any atom is 1.00 e. The summed E-state index contributed by atoms with van der Waals surface area (Å²) in [6.45, 7) is -0.854. The topological polar surface area (TPSA) is 130 Å². The minimum atomic E-state index is -1.27. The molecule has 19 heavy (non-hydrogen) atoms. The van der Waals surface area contributed by atoms with Crippen molar-refractivity contribution in [1.29, 1.82) is 0 Å². The summed E-state index contributed by atoms with van der Waals surface area (Å²) in [6, 6.07) is 0. The monoisotopic (exact) mass is 302 g/mol. The van der Waals surface area contributed by atoms with Crippen molar-refractivity contribution in [1.82, 2.24) is 10.2 Å². The second-order valence-electron chi connectivity index (χ2n) is 3.05. The first-order chi connectivity index (χ1) is 7.41. The summed E-state index contributed by atoms with van der Waals surface area (Å²) in [5.41, 5.74) is 0. The Kier molecular flexibility index (Phi) is 26.1. The number of carbonyl (C=O) groups excluding carboxylic acids is 1. The zero-order chi connectivity index (χ0) is 12.6. The van der Waals surface area contributed by atoms with E-state index in [-0.39, 0.29) is 108 Å². The molecule has 0 aromatic heterocycles. The zero-order valence-electron chi connectivity index (χ0n) is 11.5. The second-order valence-corrected chi connectivity index (χ2v) is 3.05. The van der Waals surface area contributed by atoms with E-state index in [4.69, 9.17) is 10.2 Å². The molecule has 3 N–H and O–H groups in total. The Labute approximate surface area is 177 Å². The van der Waals surface area contributed by atoms with Gasteiger partial charge >= 0.3 is 101 Å². The smallest absolute Gasteiger partial charge is 0.549 e. The number of carbonyl (C=O) groups is 3. The van der Waals surface area contributed by atoms with Crippen molar-refractivity contribution in [2.24, 2.45) is 0 Å². The minimum Gasteiger partial charge on any atom is -0.549 e. The molecule has 0 aromatic rings. The summed E-state index contributed by atoms with van der Waals surface area (Å²) in [5, 5.41) is 29.5. The molecule has 0 atom stereocenters. The van der Waals surface area contributed by atoms with Gasteiger partial charge in [0.1, 0.15) is 0 Å². The van der Waals surface area contributed by atoms with Gasteiger partial charge in [-0.1, -0.05) is 0 Å². The van der Waals surface area contributed by atoms with E-state index in [2.05, 4.69) is 5.32 Å². The first kappa shape index (κ1) is 28.5. The molecule has 0 unspecified atom stereocenters. The molecule has 11 heteroatoms. The Morgan fingerprint density at radius 1 is 1.00 bits per heavy atom. The van der Waals surface area contributed by atoms with Gasteiger partial charge in [0.25, 0.3) is 0 Å². The van der Waals surface area contributed by atoms with Crippen LogP contribution in [0.1, 0.15) is 0 Å². The Balaban J connectivity index is -0.000000375. The Morgan fingerprint density at radius 2 is 1.42 bits per heavy atom. The van der Waals surface area contributed by atoms with Crippen LogP contribution >= 0.6 is 0 Å². The van der Waals surface area contributed by atoms with Crippen LogP contribution in [0.4, 0.5) is 0 Å². The molecular weight excluding hydrogens is 289 g/mol.